The predicted molar refractivity (Wildman–Crippen MR) is 161 cm³/mol. The molecule has 1 heterocycles. The van der Waals surface area contributed by atoms with Crippen molar-refractivity contribution < 1.29 is 47.6 Å². The van der Waals surface area contributed by atoms with Gasteiger partial charge >= 0.3 is 17.9 Å². The Hall–Kier alpha value is -4.58. The van der Waals surface area contributed by atoms with Gasteiger partial charge in [0.1, 0.15) is 12.7 Å². The molecule has 5 atom stereocenters. The Labute approximate surface area is 262 Å². The summed E-state index contributed by atoms with van der Waals surface area (Å²) in [5.41, 5.74) is 0.808. The van der Waals surface area contributed by atoms with Crippen LogP contribution in [0.15, 0.2) is 96.2 Å². The number of ether oxygens (including phenoxy) is 6. The topological polar surface area (TPSA) is 128 Å². The van der Waals surface area contributed by atoms with E-state index in [2.05, 4.69) is 5.16 Å². The van der Waals surface area contributed by atoms with E-state index in [1.165, 1.54) is 27.0 Å². The highest BCUT2D eigenvalue weighted by molar-refractivity contribution is 5.73. The summed E-state index contributed by atoms with van der Waals surface area (Å²) in [6, 6.07) is 28.1. The molecule has 3 aromatic rings. The van der Waals surface area contributed by atoms with Gasteiger partial charge in [-0.15, -0.1) is 0 Å². The van der Waals surface area contributed by atoms with Gasteiger partial charge in [0, 0.05) is 20.8 Å². The molecule has 0 radical (unpaired) electrons. The van der Waals surface area contributed by atoms with E-state index in [-0.39, 0.29) is 26.4 Å². The molecule has 0 saturated carbocycles. The van der Waals surface area contributed by atoms with Gasteiger partial charge in [0.25, 0.3) is 0 Å². The molecule has 1 aliphatic heterocycles. The first kappa shape index (κ1) is 33.3. The van der Waals surface area contributed by atoms with Gasteiger partial charge in [-0.25, -0.2) is 0 Å². The Kier molecular flexibility index (Phi) is 12.2. The minimum Gasteiger partial charge on any atom is -0.453 e. The number of carbonyl (C=O) groups is 3. The number of carbonyl (C=O) groups excluding carboxylic acids is 3. The average molecular weight is 620 g/mol. The van der Waals surface area contributed by atoms with Gasteiger partial charge in [-0.3, -0.25) is 14.4 Å². The molecular formula is C34H37NO10. The fourth-order valence-corrected chi connectivity index (χ4v) is 4.88. The van der Waals surface area contributed by atoms with Crippen LogP contribution in [0.2, 0.25) is 0 Å². The molecule has 1 saturated heterocycles. The van der Waals surface area contributed by atoms with Crippen molar-refractivity contribution in [3.8, 4) is 0 Å². The number of hydrogen-bond donors (Lipinski definition) is 0. The molecule has 1 unspecified atom stereocenters. The number of hydrogen-bond acceptors (Lipinski definition) is 11. The molecule has 0 aliphatic carbocycles. The Balaban J connectivity index is 1.73. The molecule has 0 aromatic heterocycles. The van der Waals surface area contributed by atoms with Crippen LogP contribution < -0.4 is 0 Å². The van der Waals surface area contributed by atoms with Crippen molar-refractivity contribution in [3.63, 3.8) is 0 Å². The van der Waals surface area contributed by atoms with E-state index in [0.717, 1.165) is 16.7 Å². The summed E-state index contributed by atoms with van der Waals surface area (Å²) in [6.45, 7) is 3.74. The molecule has 238 valence electrons. The summed E-state index contributed by atoms with van der Waals surface area (Å²) in [5.74, 6) is -2.02. The second-order valence-electron chi connectivity index (χ2n) is 10.4. The molecule has 0 spiro atoms. The number of rotatable bonds is 15. The van der Waals surface area contributed by atoms with Gasteiger partial charge < -0.3 is 33.3 Å². The van der Waals surface area contributed by atoms with E-state index in [1.807, 2.05) is 91.0 Å². The second kappa shape index (κ2) is 16.5. The van der Waals surface area contributed by atoms with E-state index in [4.69, 9.17) is 33.3 Å². The lowest BCUT2D eigenvalue weighted by atomic mass is 9.89. The van der Waals surface area contributed by atoms with Crippen molar-refractivity contribution >= 4 is 24.1 Å². The molecule has 1 aliphatic rings. The second-order valence-corrected chi connectivity index (χ2v) is 10.4. The summed E-state index contributed by atoms with van der Waals surface area (Å²) < 4.78 is 35.8. The monoisotopic (exact) mass is 619 g/mol. The standard InChI is InChI=1S/C34H37NO10/c1-24(36)42-30(19-35-41-22-29-17-11-6-12-18-29)34(23-39-20-27-13-7-4-8-14-27)32(40-21-28-15-9-5-10-16-28)31(43-25(2)37)33(45-34)44-26(3)38/h4-19,30-33H,20-23H2,1-3H3/b35-19+/t30-,31+,32-,33?,34-/m0/s1. The van der Waals surface area contributed by atoms with Crippen molar-refractivity contribution in [3.05, 3.63) is 108 Å². The summed E-state index contributed by atoms with van der Waals surface area (Å²) >= 11 is 0. The van der Waals surface area contributed by atoms with Crippen molar-refractivity contribution in [2.24, 2.45) is 5.16 Å². The van der Waals surface area contributed by atoms with E-state index < -0.39 is 48.1 Å². The third-order valence-corrected chi connectivity index (χ3v) is 6.80. The van der Waals surface area contributed by atoms with Crippen LogP contribution in [0.25, 0.3) is 0 Å². The van der Waals surface area contributed by atoms with Gasteiger partial charge in [-0.2, -0.15) is 0 Å². The molecule has 4 rings (SSSR count). The Morgan fingerprint density at radius 1 is 0.756 bits per heavy atom. The molecule has 0 bridgehead atoms. The zero-order valence-electron chi connectivity index (χ0n) is 25.4. The zero-order valence-corrected chi connectivity index (χ0v) is 25.4. The summed E-state index contributed by atoms with van der Waals surface area (Å²) in [4.78, 5) is 42.5. The van der Waals surface area contributed by atoms with Gasteiger partial charge in [0.2, 0.25) is 6.29 Å². The van der Waals surface area contributed by atoms with Gasteiger partial charge in [-0.05, 0) is 16.7 Å². The highest BCUT2D eigenvalue weighted by atomic mass is 16.8. The molecule has 0 amide bonds. The first-order valence-electron chi connectivity index (χ1n) is 14.4. The highest BCUT2D eigenvalue weighted by Crippen LogP contribution is 2.41. The van der Waals surface area contributed by atoms with Crippen LogP contribution in [0.5, 0.6) is 0 Å². The maximum atomic E-state index is 12.5. The first-order valence-corrected chi connectivity index (χ1v) is 14.4. The van der Waals surface area contributed by atoms with E-state index in [9.17, 15) is 14.4 Å². The van der Waals surface area contributed by atoms with Crippen LogP contribution in [0.1, 0.15) is 37.5 Å². The van der Waals surface area contributed by atoms with Gasteiger partial charge in [0.05, 0.1) is 26.0 Å². The van der Waals surface area contributed by atoms with Crippen LogP contribution in [0, 0.1) is 0 Å². The molecular weight excluding hydrogens is 582 g/mol. The van der Waals surface area contributed by atoms with Crippen LogP contribution in [-0.4, -0.2) is 60.9 Å². The van der Waals surface area contributed by atoms with Crippen molar-refractivity contribution in [1.29, 1.82) is 0 Å². The van der Waals surface area contributed by atoms with Crippen LogP contribution in [0.3, 0.4) is 0 Å². The van der Waals surface area contributed by atoms with Crippen LogP contribution >= 0.6 is 0 Å². The molecule has 11 nitrogen and oxygen atoms in total. The third kappa shape index (κ3) is 9.70. The molecule has 1 fully saturated rings. The van der Waals surface area contributed by atoms with Gasteiger partial charge in [0.15, 0.2) is 17.8 Å². The summed E-state index contributed by atoms with van der Waals surface area (Å²) in [5, 5.41) is 4.09. The quantitative estimate of drug-likeness (QED) is 0.104. The smallest absolute Gasteiger partial charge is 0.305 e. The first-order chi connectivity index (χ1) is 21.8. The Morgan fingerprint density at radius 3 is 1.82 bits per heavy atom. The fraction of sp³-hybridized carbons (Fsp3) is 0.353. The largest absolute Gasteiger partial charge is 0.453 e. The number of esters is 3. The SMILES string of the molecule is CC(=O)OC1O[C@@](COCc2ccccc2)([C@H](/C=N/OCc2ccccc2)OC(C)=O)[C@@H](OCc2ccccc2)[C@H]1OC(C)=O. The lowest BCUT2D eigenvalue weighted by molar-refractivity contribution is -0.229. The van der Waals surface area contributed by atoms with Crippen LogP contribution in [0.4, 0.5) is 0 Å². The van der Waals surface area contributed by atoms with Crippen molar-refractivity contribution in [2.45, 2.75) is 70.8 Å². The van der Waals surface area contributed by atoms with Crippen LogP contribution in [-0.2, 0) is 67.5 Å². The van der Waals surface area contributed by atoms with E-state index >= 15 is 0 Å². The highest BCUT2D eigenvalue weighted by Gasteiger charge is 2.64. The normalized spacial score (nSPS) is 21.6. The lowest BCUT2D eigenvalue weighted by Gasteiger charge is -2.38. The fourth-order valence-electron chi connectivity index (χ4n) is 4.88. The van der Waals surface area contributed by atoms with Crippen molar-refractivity contribution in [1.82, 2.24) is 0 Å². The molecule has 45 heavy (non-hydrogen) atoms. The van der Waals surface area contributed by atoms with Gasteiger partial charge in [-0.1, -0.05) is 96.2 Å². The third-order valence-electron chi connectivity index (χ3n) is 6.80. The van der Waals surface area contributed by atoms with E-state index in [1.54, 1.807) is 0 Å². The zero-order chi connectivity index (χ0) is 32.1. The molecule has 3 aromatic carbocycles. The summed E-state index contributed by atoms with van der Waals surface area (Å²) in [7, 11) is 0. The maximum absolute atomic E-state index is 12.5. The minimum atomic E-state index is -1.73. The minimum absolute atomic E-state index is 0.0499. The maximum Gasteiger partial charge on any atom is 0.305 e. The Bertz CT molecular complexity index is 1400. The van der Waals surface area contributed by atoms with Crippen molar-refractivity contribution in [2.75, 3.05) is 6.61 Å². The predicted octanol–water partition coefficient (Wildman–Crippen LogP) is 4.51. The molecule has 11 heteroatoms. The summed E-state index contributed by atoms with van der Waals surface area (Å²) in [6.07, 6.45) is -3.90. The average Bonchev–Trinajstić information content (AvgIpc) is 3.30. The Morgan fingerprint density at radius 2 is 1.29 bits per heavy atom. The molecule has 0 N–H and O–H groups in total. The number of nitrogens with zero attached hydrogens (tertiary/aromatic N) is 1. The number of benzene rings is 3. The number of oxime groups is 1. The van der Waals surface area contributed by atoms with E-state index in [0.29, 0.717) is 0 Å². The lowest BCUT2D eigenvalue weighted by Crippen LogP contribution is -2.59.